The van der Waals surface area contributed by atoms with E-state index in [1.165, 1.54) is 0 Å². The maximum absolute atomic E-state index is 11.5. The van der Waals surface area contributed by atoms with E-state index in [0.29, 0.717) is 0 Å². The van der Waals surface area contributed by atoms with Crippen LogP contribution in [0.2, 0.25) is 0 Å². The Morgan fingerprint density at radius 3 is 1.04 bits per heavy atom. The minimum absolute atomic E-state index is 0.0255. The predicted octanol–water partition coefficient (Wildman–Crippen LogP) is 11.2. The second kappa shape index (κ2) is 29.2. The average molecular weight is 715 g/mol. The SMILES string of the molecule is CC(C)C.CC(C)C(=O)OC(C)(C)C.CC(C)C(=O)OC(C)(C)c1ccccc1.CCC(C)(CC)OC(=O)C(C)C.COC.COC(C)(C)C. The third-order valence-electron chi connectivity index (χ3n) is 6.10. The molecule has 8 heteroatoms. The van der Waals surface area contributed by atoms with Gasteiger partial charge in [0.15, 0.2) is 0 Å². The minimum Gasteiger partial charge on any atom is -0.460 e. The van der Waals surface area contributed by atoms with E-state index in [0.717, 1.165) is 24.3 Å². The van der Waals surface area contributed by atoms with Crippen molar-refractivity contribution >= 4 is 17.9 Å². The van der Waals surface area contributed by atoms with Gasteiger partial charge in [0.25, 0.3) is 0 Å². The fraction of sp³-hybridized carbons (Fsp3) is 0.786. The lowest BCUT2D eigenvalue weighted by Crippen LogP contribution is -2.31. The second-order valence-corrected chi connectivity index (χ2v) is 16.3. The molecule has 0 aliphatic heterocycles. The van der Waals surface area contributed by atoms with E-state index >= 15 is 0 Å². The molecule has 0 aliphatic carbocycles. The number of hydrogen-bond acceptors (Lipinski definition) is 8. The molecule has 1 aromatic rings. The molecule has 0 fully saturated rings. The van der Waals surface area contributed by atoms with Gasteiger partial charge in [0, 0.05) is 21.3 Å². The topological polar surface area (TPSA) is 97.4 Å². The molecule has 50 heavy (non-hydrogen) atoms. The van der Waals surface area contributed by atoms with Gasteiger partial charge in [-0.3, -0.25) is 14.4 Å². The zero-order valence-corrected chi connectivity index (χ0v) is 36.9. The number of rotatable bonds is 8. The second-order valence-electron chi connectivity index (χ2n) is 16.3. The van der Waals surface area contributed by atoms with Crippen molar-refractivity contribution < 1.29 is 38.1 Å². The van der Waals surface area contributed by atoms with Gasteiger partial charge in [-0.15, -0.1) is 0 Å². The first-order valence-electron chi connectivity index (χ1n) is 18.1. The van der Waals surface area contributed by atoms with Crippen molar-refractivity contribution in [3.8, 4) is 0 Å². The third-order valence-corrected chi connectivity index (χ3v) is 6.10. The van der Waals surface area contributed by atoms with Crippen LogP contribution in [0.4, 0.5) is 0 Å². The lowest BCUT2D eigenvalue weighted by atomic mass is 9.98. The highest BCUT2D eigenvalue weighted by molar-refractivity contribution is 5.72. The Morgan fingerprint density at radius 2 is 0.820 bits per heavy atom. The van der Waals surface area contributed by atoms with Crippen LogP contribution in [0.3, 0.4) is 0 Å². The van der Waals surface area contributed by atoms with E-state index < -0.39 is 5.60 Å². The number of carbonyl (C=O) groups excluding carboxylic acids is 3. The lowest BCUT2D eigenvalue weighted by molar-refractivity contribution is -0.163. The van der Waals surface area contributed by atoms with Crippen LogP contribution in [-0.4, -0.2) is 56.0 Å². The molecule has 0 atom stereocenters. The number of benzene rings is 1. The third kappa shape index (κ3) is 40.0. The highest BCUT2D eigenvalue weighted by Gasteiger charge is 2.26. The molecule has 0 heterocycles. The van der Waals surface area contributed by atoms with Gasteiger partial charge < -0.3 is 23.7 Å². The number of esters is 3. The Bertz CT molecular complexity index is 959. The fourth-order valence-electron chi connectivity index (χ4n) is 2.44. The van der Waals surface area contributed by atoms with Gasteiger partial charge in [0.1, 0.15) is 16.8 Å². The van der Waals surface area contributed by atoms with Crippen molar-refractivity contribution in [3.05, 3.63) is 35.9 Å². The molecule has 0 radical (unpaired) electrons. The van der Waals surface area contributed by atoms with Gasteiger partial charge in [0.05, 0.1) is 23.4 Å². The van der Waals surface area contributed by atoms with E-state index in [9.17, 15) is 14.4 Å². The normalized spacial score (nSPS) is 11.2. The number of ether oxygens (including phenoxy) is 5. The summed E-state index contributed by atoms with van der Waals surface area (Å²) >= 11 is 0. The van der Waals surface area contributed by atoms with Crippen LogP contribution < -0.4 is 0 Å². The van der Waals surface area contributed by atoms with Crippen molar-refractivity contribution in [2.45, 2.75) is 174 Å². The summed E-state index contributed by atoms with van der Waals surface area (Å²) in [6, 6.07) is 9.77. The summed E-state index contributed by atoms with van der Waals surface area (Å²) < 4.78 is 25.1. The van der Waals surface area contributed by atoms with Crippen molar-refractivity contribution in [1.82, 2.24) is 0 Å². The Balaban J connectivity index is -0.000000175. The molecule has 1 rings (SSSR count). The smallest absolute Gasteiger partial charge is 0.309 e. The molecule has 8 nitrogen and oxygen atoms in total. The number of carbonyl (C=O) groups is 3. The fourth-order valence-corrected chi connectivity index (χ4v) is 2.44. The van der Waals surface area contributed by atoms with Crippen LogP contribution in [-0.2, 0) is 43.7 Å². The largest absolute Gasteiger partial charge is 0.460 e. The van der Waals surface area contributed by atoms with Crippen molar-refractivity contribution in [1.29, 1.82) is 0 Å². The molecule has 1 aromatic carbocycles. The van der Waals surface area contributed by atoms with Gasteiger partial charge in [-0.25, -0.2) is 0 Å². The van der Waals surface area contributed by atoms with Crippen LogP contribution >= 0.6 is 0 Å². The molecule has 0 spiro atoms. The van der Waals surface area contributed by atoms with Crippen molar-refractivity contribution in [2.75, 3.05) is 21.3 Å². The maximum Gasteiger partial charge on any atom is 0.309 e. The Kier molecular flexibility index (Phi) is 33.2. The standard InChI is InChI=1S/C13H18O2.C10H20O2.C8H16O2.C5H12O.C4H10.C2H6O/c1-10(2)12(14)15-13(3,4)11-8-6-5-7-9-11;1-6-10(5,7-2)12-9(11)8(3)4;1-6(2)7(9)10-8(3,4)5;1-5(2,3)6-4;1-4(2)3;1-3-2/h5-10H,1-4H3;8H,6-7H2,1-5H3;6H,1-5H3;1-4H3;4H,1-3H3;1-2H3. The molecule has 0 N–H and O–H groups in total. The monoisotopic (exact) mass is 715 g/mol. The molecular formula is C42H82O8. The van der Waals surface area contributed by atoms with Gasteiger partial charge >= 0.3 is 17.9 Å². The molecule has 0 aromatic heterocycles. The van der Waals surface area contributed by atoms with Crippen molar-refractivity contribution in [2.24, 2.45) is 23.7 Å². The highest BCUT2D eigenvalue weighted by Crippen LogP contribution is 2.25. The van der Waals surface area contributed by atoms with Crippen LogP contribution in [0.1, 0.15) is 157 Å². The molecular weight excluding hydrogens is 632 g/mol. The Labute approximate surface area is 310 Å². The van der Waals surface area contributed by atoms with E-state index in [1.54, 1.807) is 21.3 Å². The molecule has 0 unspecified atom stereocenters. The van der Waals surface area contributed by atoms with Gasteiger partial charge in [-0.2, -0.15) is 0 Å². The molecule has 0 saturated heterocycles. The van der Waals surface area contributed by atoms with Gasteiger partial charge in [-0.05, 0) is 86.6 Å². The summed E-state index contributed by atoms with van der Waals surface area (Å²) in [7, 11) is 4.96. The molecule has 0 aliphatic rings. The number of hydrogen-bond donors (Lipinski definition) is 0. The summed E-state index contributed by atoms with van der Waals surface area (Å²) in [5.41, 5.74) is -0.107. The zero-order chi connectivity index (χ0) is 41.1. The summed E-state index contributed by atoms with van der Waals surface area (Å²) in [5, 5.41) is 0. The highest BCUT2D eigenvalue weighted by atomic mass is 16.6. The van der Waals surface area contributed by atoms with E-state index in [2.05, 4.69) is 25.5 Å². The first kappa shape index (κ1) is 56.9. The van der Waals surface area contributed by atoms with Crippen LogP contribution in [0.25, 0.3) is 0 Å². The van der Waals surface area contributed by atoms with E-state index in [-0.39, 0.29) is 52.5 Å². The summed E-state index contributed by atoms with van der Waals surface area (Å²) in [5.74, 6) is 0.298. The Hall–Kier alpha value is -2.45. The van der Waals surface area contributed by atoms with Gasteiger partial charge in [0.2, 0.25) is 0 Å². The molecule has 0 bridgehead atoms. The number of methoxy groups -OCH3 is 2. The molecule has 298 valence electrons. The predicted molar refractivity (Wildman–Crippen MR) is 211 cm³/mol. The first-order chi connectivity index (χ1) is 22.4. The quantitative estimate of drug-likeness (QED) is 0.194. The summed E-state index contributed by atoms with van der Waals surface area (Å²) in [4.78, 5) is 33.7. The summed E-state index contributed by atoms with van der Waals surface area (Å²) in [6.45, 7) is 39.1. The maximum atomic E-state index is 11.5. The summed E-state index contributed by atoms with van der Waals surface area (Å²) in [6.07, 6.45) is 1.75. The first-order valence-corrected chi connectivity index (χ1v) is 18.1. The van der Waals surface area contributed by atoms with Crippen LogP contribution in [0, 0.1) is 23.7 Å². The van der Waals surface area contributed by atoms with E-state index in [1.807, 2.05) is 148 Å². The van der Waals surface area contributed by atoms with E-state index in [4.69, 9.17) is 18.9 Å². The van der Waals surface area contributed by atoms with Crippen LogP contribution in [0.5, 0.6) is 0 Å². The van der Waals surface area contributed by atoms with Crippen LogP contribution in [0.15, 0.2) is 30.3 Å². The molecule has 0 amide bonds. The lowest BCUT2D eigenvalue weighted by Gasteiger charge is -2.27. The minimum atomic E-state index is -0.553. The van der Waals surface area contributed by atoms with Gasteiger partial charge in [-0.1, -0.05) is 106 Å². The zero-order valence-electron chi connectivity index (χ0n) is 36.9. The Morgan fingerprint density at radius 1 is 0.540 bits per heavy atom. The average Bonchev–Trinajstić information content (AvgIpc) is 2.97. The molecule has 0 saturated carbocycles. The van der Waals surface area contributed by atoms with Crippen molar-refractivity contribution in [3.63, 3.8) is 0 Å².